The Morgan fingerprint density at radius 2 is 2.11 bits per heavy atom. The smallest absolute Gasteiger partial charge is 0.325 e. The van der Waals surface area contributed by atoms with E-state index < -0.39 is 5.54 Å². The normalized spacial score (nSPS) is 17.5. The highest BCUT2D eigenvalue weighted by Crippen LogP contribution is 2.21. The van der Waals surface area contributed by atoms with Gasteiger partial charge in [0.2, 0.25) is 0 Å². The lowest BCUT2D eigenvalue weighted by atomic mass is 10.1. The summed E-state index contributed by atoms with van der Waals surface area (Å²) in [6.45, 7) is 4.12. The molecule has 2 rings (SSSR count). The van der Waals surface area contributed by atoms with E-state index >= 15 is 0 Å². The van der Waals surface area contributed by atoms with Crippen LogP contribution in [0.25, 0.3) is 0 Å². The number of amides is 3. The van der Waals surface area contributed by atoms with Gasteiger partial charge in [-0.25, -0.2) is 4.79 Å². The Hall–Kier alpha value is -1.56. The van der Waals surface area contributed by atoms with Crippen molar-refractivity contribution in [3.8, 4) is 5.75 Å². The molecule has 1 saturated heterocycles. The minimum absolute atomic E-state index is 0.278. The van der Waals surface area contributed by atoms with Crippen LogP contribution in [-0.4, -0.2) is 35.5 Å². The van der Waals surface area contributed by atoms with Crippen molar-refractivity contribution in [1.82, 2.24) is 10.2 Å². The lowest BCUT2D eigenvalue weighted by molar-refractivity contribution is -0.125. The van der Waals surface area contributed by atoms with Crippen molar-refractivity contribution in [3.05, 3.63) is 28.7 Å². The van der Waals surface area contributed by atoms with Crippen LogP contribution in [0.3, 0.4) is 0 Å². The second kappa shape index (κ2) is 5.21. The minimum atomic E-state index is -0.822. The zero-order chi connectivity index (χ0) is 14.0. The molecule has 19 heavy (non-hydrogen) atoms. The van der Waals surface area contributed by atoms with Gasteiger partial charge in [-0.2, -0.15) is 0 Å². The molecule has 0 saturated carbocycles. The SMILES string of the molecule is CC1(C)C(=O)NC(=O)N1CCOc1cccc(Br)c1. The lowest BCUT2D eigenvalue weighted by Gasteiger charge is -2.27. The number of hydrogen-bond acceptors (Lipinski definition) is 3. The summed E-state index contributed by atoms with van der Waals surface area (Å²) in [5, 5.41) is 2.30. The van der Waals surface area contributed by atoms with Crippen LogP contribution >= 0.6 is 15.9 Å². The number of nitrogens with one attached hydrogen (secondary N) is 1. The summed E-state index contributed by atoms with van der Waals surface area (Å²) in [7, 11) is 0. The largest absolute Gasteiger partial charge is 0.492 e. The number of benzene rings is 1. The van der Waals surface area contributed by atoms with Gasteiger partial charge in [-0.3, -0.25) is 10.1 Å². The maximum absolute atomic E-state index is 11.6. The van der Waals surface area contributed by atoms with E-state index in [2.05, 4.69) is 21.2 Å². The molecule has 102 valence electrons. The van der Waals surface area contributed by atoms with E-state index in [4.69, 9.17) is 4.74 Å². The van der Waals surface area contributed by atoms with Crippen LogP contribution in [0.15, 0.2) is 28.7 Å². The third-order valence-corrected chi connectivity index (χ3v) is 3.57. The van der Waals surface area contributed by atoms with E-state index in [-0.39, 0.29) is 11.9 Å². The molecule has 0 atom stereocenters. The number of rotatable bonds is 4. The average molecular weight is 327 g/mol. The highest BCUT2D eigenvalue weighted by atomic mass is 79.9. The highest BCUT2D eigenvalue weighted by molar-refractivity contribution is 9.10. The molecule has 0 radical (unpaired) electrons. The van der Waals surface area contributed by atoms with Crippen LogP contribution in [0, 0.1) is 0 Å². The van der Waals surface area contributed by atoms with Crippen LogP contribution in [0.1, 0.15) is 13.8 Å². The van der Waals surface area contributed by atoms with Crippen LogP contribution < -0.4 is 10.1 Å². The number of halogens is 1. The number of urea groups is 1. The van der Waals surface area contributed by atoms with Gasteiger partial charge in [0.1, 0.15) is 17.9 Å². The highest BCUT2D eigenvalue weighted by Gasteiger charge is 2.45. The van der Waals surface area contributed by atoms with Crippen LogP contribution in [0.4, 0.5) is 4.79 Å². The Balaban J connectivity index is 1.93. The number of imide groups is 1. The molecule has 1 heterocycles. The maximum atomic E-state index is 11.6. The van der Waals surface area contributed by atoms with Gasteiger partial charge in [0.15, 0.2) is 0 Å². The summed E-state index contributed by atoms with van der Waals surface area (Å²) < 4.78 is 6.49. The van der Waals surface area contributed by atoms with Crippen LogP contribution in [-0.2, 0) is 4.79 Å². The Kier molecular flexibility index (Phi) is 3.80. The van der Waals surface area contributed by atoms with Gasteiger partial charge < -0.3 is 9.64 Å². The van der Waals surface area contributed by atoms with Gasteiger partial charge in [-0.15, -0.1) is 0 Å². The Bertz CT molecular complexity index is 516. The van der Waals surface area contributed by atoms with E-state index in [0.29, 0.717) is 13.2 Å². The monoisotopic (exact) mass is 326 g/mol. The van der Waals surface area contributed by atoms with Crippen molar-refractivity contribution < 1.29 is 14.3 Å². The summed E-state index contributed by atoms with van der Waals surface area (Å²) in [6, 6.07) is 7.09. The quantitative estimate of drug-likeness (QED) is 0.862. The lowest BCUT2D eigenvalue weighted by Crippen LogP contribution is -2.45. The van der Waals surface area contributed by atoms with Gasteiger partial charge in [0.25, 0.3) is 5.91 Å². The number of carbonyl (C=O) groups excluding carboxylic acids is 2. The van der Waals surface area contributed by atoms with Crippen LogP contribution in [0.5, 0.6) is 5.75 Å². The zero-order valence-corrected chi connectivity index (χ0v) is 12.4. The van der Waals surface area contributed by atoms with Crippen molar-refractivity contribution in [2.24, 2.45) is 0 Å². The fourth-order valence-corrected chi connectivity index (χ4v) is 2.26. The molecule has 1 fully saturated rings. The minimum Gasteiger partial charge on any atom is -0.492 e. The summed E-state index contributed by atoms with van der Waals surface area (Å²) in [5.74, 6) is 0.443. The van der Waals surface area contributed by atoms with E-state index in [9.17, 15) is 9.59 Å². The van der Waals surface area contributed by atoms with Gasteiger partial charge in [-0.1, -0.05) is 22.0 Å². The second-order valence-electron chi connectivity index (χ2n) is 4.78. The summed E-state index contributed by atoms with van der Waals surface area (Å²) in [6.07, 6.45) is 0. The predicted octanol–water partition coefficient (Wildman–Crippen LogP) is 2.16. The van der Waals surface area contributed by atoms with Crippen molar-refractivity contribution in [2.45, 2.75) is 19.4 Å². The first-order valence-electron chi connectivity index (χ1n) is 5.92. The van der Waals surface area contributed by atoms with Crippen molar-refractivity contribution >= 4 is 27.9 Å². The molecule has 3 amide bonds. The van der Waals surface area contributed by atoms with Crippen molar-refractivity contribution in [2.75, 3.05) is 13.2 Å². The van der Waals surface area contributed by atoms with E-state index in [0.717, 1.165) is 10.2 Å². The molecule has 1 N–H and O–H groups in total. The number of ether oxygens (including phenoxy) is 1. The molecule has 0 aliphatic carbocycles. The fourth-order valence-electron chi connectivity index (χ4n) is 1.89. The third kappa shape index (κ3) is 2.89. The van der Waals surface area contributed by atoms with Gasteiger partial charge in [0, 0.05) is 4.47 Å². The summed E-state index contributed by atoms with van der Waals surface area (Å²) in [5.41, 5.74) is -0.822. The number of hydrogen-bond donors (Lipinski definition) is 1. The molecular formula is C13H15BrN2O3. The van der Waals surface area contributed by atoms with Crippen molar-refractivity contribution in [3.63, 3.8) is 0 Å². The Morgan fingerprint density at radius 3 is 2.68 bits per heavy atom. The summed E-state index contributed by atoms with van der Waals surface area (Å²) >= 11 is 3.36. The fraction of sp³-hybridized carbons (Fsp3) is 0.385. The average Bonchev–Trinajstić information content (AvgIpc) is 2.51. The third-order valence-electron chi connectivity index (χ3n) is 3.08. The Morgan fingerprint density at radius 1 is 1.37 bits per heavy atom. The molecule has 0 aromatic heterocycles. The first-order chi connectivity index (χ1) is 8.91. The second-order valence-corrected chi connectivity index (χ2v) is 5.69. The molecular weight excluding hydrogens is 312 g/mol. The first-order valence-corrected chi connectivity index (χ1v) is 6.72. The van der Waals surface area contributed by atoms with Crippen molar-refractivity contribution in [1.29, 1.82) is 0 Å². The zero-order valence-electron chi connectivity index (χ0n) is 10.8. The molecule has 0 spiro atoms. The number of carbonyl (C=O) groups is 2. The molecule has 0 bridgehead atoms. The van der Waals surface area contributed by atoms with Gasteiger partial charge >= 0.3 is 6.03 Å². The molecule has 1 aromatic carbocycles. The van der Waals surface area contributed by atoms with E-state index in [1.54, 1.807) is 13.8 Å². The maximum Gasteiger partial charge on any atom is 0.325 e. The van der Waals surface area contributed by atoms with Crippen LogP contribution in [0.2, 0.25) is 0 Å². The summed E-state index contributed by atoms with van der Waals surface area (Å²) in [4.78, 5) is 24.7. The first kappa shape index (κ1) is 13.9. The van der Waals surface area contributed by atoms with Gasteiger partial charge in [-0.05, 0) is 32.0 Å². The number of nitrogens with zero attached hydrogens (tertiary/aromatic N) is 1. The molecule has 5 nitrogen and oxygen atoms in total. The predicted molar refractivity (Wildman–Crippen MR) is 74.0 cm³/mol. The van der Waals surface area contributed by atoms with E-state index in [1.807, 2.05) is 24.3 Å². The molecule has 1 aromatic rings. The topological polar surface area (TPSA) is 58.6 Å². The molecule has 1 aliphatic rings. The van der Waals surface area contributed by atoms with Gasteiger partial charge in [0.05, 0.1) is 6.54 Å². The molecule has 0 unspecified atom stereocenters. The standard InChI is InChI=1S/C13H15BrN2O3/c1-13(2)11(17)15-12(18)16(13)6-7-19-10-5-3-4-9(14)8-10/h3-5,8H,6-7H2,1-2H3,(H,15,17,18). The molecule has 6 heteroatoms. The Labute approximate surface area is 120 Å². The molecule has 1 aliphatic heterocycles. The van der Waals surface area contributed by atoms with E-state index in [1.165, 1.54) is 4.90 Å².